The molecule has 1 N–H and O–H groups in total. The van der Waals surface area contributed by atoms with Crippen LogP contribution >= 0.6 is 23.2 Å². The van der Waals surface area contributed by atoms with E-state index >= 15 is 0 Å². The summed E-state index contributed by atoms with van der Waals surface area (Å²) in [4.78, 5) is 23.2. The number of amides is 1. The maximum absolute atomic E-state index is 11.6. The maximum atomic E-state index is 11.6. The van der Waals surface area contributed by atoms with E-state index in [0.29, 0.717) is 21.3 Å². The minimum Gasteiger partial charge on any atom is -0.452 e. The highest BCUT2D eigenvalue weighted by molar-refractivity contribution is 6.42. The Hall–Kier alpha value is -2.30. The molecule has 1 amide bonds. The van der Waals surface area contributed by atoms with Crippen LogP contribution in [0.15, 0.2) is 54.6 Å². The number of hydrogen-bond acceptors (Lipinski definition) is 3. The zero-order valence-electron chi connectivity index (χ0n) is 12.0. The summed E-state index contributed by atoms with van der Waals surface area (Å²) in [5, 5.41) is 3.44. The van der Waals surface area contributed by atoms with Crippen molar-refractivity contribution >= 4 is 46.8 Å². The summed E-state index contributed by atoms with van der Waals surface area (Å²) in [6, 6.07) is 13.9. The molecule has 4 nitrogen and oxygen atoms in total. The molecular weight excluding hydrogens is 337 g/mol. The molecule has 118 valence electrons. The van der Waals surface area contributed by atoms with Crippen molar-refractivity contribution in [1.29, 1.82) is 0 Å². The van der Waals surface area contributed by atoms with E-state index in [1.165, 1.54) is 12.2 Å². The molecule has 0 spiro atoms. The van der Waals surface area contributed by atoms with Crippen LogP contribution in [0.5, 0.6) is 0 Å². The van der Waals surface area contributed by atoms with E-state index in [1.807, 2.05) is 6.07 Å². The Kier molecular flexibility index (Phi) is 6.20. The standard InChI is InChI=1S/C17H13Cl2NO3/c18-14-8-6-12(10-15(14)19)7-9-17(22)23-11-16(21)20-13-4-2-1-3-5-13/h1-10H,11H2,(H,20,21)/b9-7+. The number of ether oxygens (including phenoxy) is 1. The molecule has 0 aliphatic carbocycles. The van der Waals surface area contributed by atoms with Gasteiger partial charge in [0.15, 0.2) is 6.61 Å². The quantitative estimate of drug-likeness (QED) is 0.650. The van der Waals surface area contributed by atoms with Gasteiger partial charge in [0, 0.05) is 11.8 Å². The van der Waals surface area contributed by atoms with Crippen molar-refractivity contribution in [3.05, 3.63) is 70.2 Å². The molecule has 0 bridgehead atoms. The van der Waals surface area contributed by atoms with Crippen molar-refractivity contribution in [1.82, 2.24) is 0 Å². The summed E-state index contributed by atoms with van der Waals surface area (Å²) in [6.45, 7) is -0.362. The fourth-order valence-electron chi connectivity index (χ4n) is 1.68. The van der Waals surface area contributed by atoms with Gasteiger partial charge in [0.05, 0.1) is 10.0 Å². The predicted octanol–water partition coefficient (Wildman–Crippen LogP) is 4.19. The van der Waals surface area contributed by atoms with Crippen LogP contribution < -0.4 is 5.32 Å². The second-order valence-corrected chi connectivity index (χ2v) is 5.34. The van der Waals surface area contributed by atoms with Gasteiger partial charge in [-0.25, -0.2) is 4.79 Å². The summed E-state index contributed by atoms with van der Waals surface area (Å²) in [5.74, 6) is -1.04. The first-order valence-corrected chi connectivity index (χ1v) is 7.45. The van der Waals surface area contributed by atoms with Crippen LogP contribution in [0.3, 0.4) is 0 Å². The van der Waals surface area contributed by atoms with E-state index in [9.17, 15) is 9.59 Å². The minimum absolute atomic E-state index is 0.362. The van der Waals surface area contributed by atoms with Crippen LogP contribution in [0.1, 0.15) is 5.56 Å². The molecule has 0 heterocycles. The van der Waals surface area contributed by atoms with Crippen LogP contribution in [0.25, 0.3) is 6.08 Å². The average Bonchev–Trinajstić information content (AvgIpc) is 2.55. The molecule has 0 unspecified atom stereocenters. The third kappa shape index (κ3) is 5.77. The lowest BCUT2D eigenvalue weighted by Crippen LogP contribution is -2.20. The first kappa shape index (κ1) is 17.1. The van der Waals surface area contributed by atoms with Gasteiger partial charge in [-0.05, 0) is 35.9 Å². The second-order valence-electron chi connectivity index (χ2n) is 4.53. The van der Waals surface area contributed by atoms with Crippen LogP contribution in [-0.4, -0.2) is 18.5 Å². The third-order valence-corrected chi connectivity index (χ3v) is 3.50. The van der Waals surface area contributed by atoms with Crippen LogP contribution in [0.2, 0.25) is 10.0 Å². The fourth-order valence-corrected chi connectivity index (χ4v) is 1.99. The van der Waals surface area contributed by atoms with Gasteiger partial charge in [0.1, 0.15) is 0 Å². The number of para-hydroxylation sites is 1. The van der Waals surface area contributed by atoms with Gasteiger partial charge in [0.2, 0.25) is 0 Å². The molecule has 0 radical (unpaired) electrons. The lowest BCUT2D eigenvalue weighted by atomic mass is 10.2. The Bertz CT molecular complexity index is 730. The number of carbonyl (C=O) groups is 2. The summed E-state index contributed by atoms with van der Waals surface area (Å²) in [6.07, 6.45) is 2.75. The molecule has 2 rings (SSSR count). The van der Waals surface area contributed by atoms with Gasteiger partial charge < -0.3 is 10.1 Å². The van der Waals surface area contributed by atoms with Crippen molar-refractivity contribution in [2.45, 2.75) is 0 Å². The number of carbonyl (C=O) groups excluding carboxylic acids is 2. The van der Waals surface area contributed by atoms with E-state index in [2.05, 4.69) is 5.32 Å². The first-order valence-electron chi connectivity index (χ1n) is 6.69. The van der Waals surface area contributed by atoms with Crippen molar-refractivity contribution in [2.24, 2.45) is 0 Å². The van der Waals surface area contributed by atoms with Gasteiger partial charge in [0.25, 0.3) is 5.91 Å². The molecule has 0 saturated heterocycles. The highest BCUT2D eigenvalue weighted by Crippen LogP contribution is 2.23. The van der Waals surface area contributed by atoms with Gasteiger partial charge in [-0.2, -0.15) is 0 Å². The smallest absolute Gasteiger partial charge is 0.331 e. The number of nitrogens with one attached hydrogen (secondary N) is 1. The van der Waals surface area contributed by atoms with Gasteiger partial charge in [-0.3, -0.25) is 4.79 Å². The number of rotatable bonds is 5. The van der Waals surface area contributed by atoms with Gasteiger partial charge in [-0.15, -0.1) is 0 Å². The molecule has 2 aromatic carbocycles. The summed E-state index contributed by atoms with van der Waals surface area (Å²) < 4.78 is 4.85. The summed E-state index contributed by atoms with van der Waals surface area (Å²) in [7, 11) is 0. The zero-order valence-corrected chi connectivity index (χ0v) is 13.5. The van der Waals surface area contributed by atoms with E-state index in [1.54, 1.807) is 42.5 Å². The molecule has 0 atom stereocenters. The number of esters is 1. The van der Waals surface area contributed by atoms with E-state index in [-0.39, 0.29) is 6.61 Å². The number of benzene rings is 2. The lowest BCUT2D eigenvalue weighted by Gasteiger charge is -2.04. The Morgan fingerprint density at radius 1 is 1.04 bits per heavy atom. The molecular formula is C17H13Cl2NO3. The zero-order chi connectivity index (χ0) is 16.7. The normalized spacial score (nSPS) is 10.5. The molecule has 0 aliphatic rings. The first-order chi connectivity index (χ1) is 11.0. The largest absolute Gasteiger partial charge is 0.452 e. The molecule has 0 fully saturated rings. The molecule has 0 aromatic heterocycles. The number of hydrogen-bond donors (Lipinski definition) is 1. The van der Waals surface area contributed by atoms with Gasteiger partial charge >= 0.3 is 5.97 Å². The predicted molar refractivity (Wildman–Crippen MR) is 91.5 cm³/mol. The van der Waals surface area contributed by atoms with E-state index < -0.39 is 11.9 Å². The maximum Gasteiger partial charge on any atom is 0.331 e. The van der Waals surface area contributed by atoms with Crippen molar-refractivity contribution < 1.29 is 14.3 Å². The Morgan fingerprint density at radius 3 is 2.48 bits per heavy atom. The summed E-state index contributed by atoms with van der Waals surface area (Å²) >= 11 is 11.7. The van der Waals surface area contributed by atoms with Crippen LogP contribution in [0.4, 0.5) is 5.69 Å². The molecule has 0 saturated carbocycles. The Balaban J connectivity index is 1.81. The molecule has 23 heavy (non-hydrogen) atoms. The highest BCUT2D eigenvalue weighted by Gasteiger charge is 2.05. The minimum atomic E-state index is -0.626. The molecule has 6 heteroatoms. The number of halogens is 2. The summed E-state index contributed by atoms with van der Waals surface area (Å²) in [5.41, 5.74) is 1.34. The van der Waals surface area contributed by atoms with E-state index in [0.717, 1.165) is 0 Å². The van der Waals surface area contributed by atoms with Gasteiger partial charge in [-0.1, -0.05) is 47.5 Å². The van der Waals surface area contributed by atoms with Crippen molar-refractivity contribution in [3.8, 4) is 0 Å². The van der Waals surface area contributed by atoms with Crippen molar-refractivity contribution in [2.75, 3.05) is 11.9 Å². The lowest BCUT2D eigenvalue weighted by molar-refractivity contribution is -0.142. The fraction of sp³-hybridized carbons (Fsp3) is 0.0588. The highest BCUT2D eigenvalue weighted by atomic mass is 35.5. The monoisotopic (exact) mass is 349 g/mol. The Labute approximate surface area is 143 Å². The van der Waals surface area contributed by atoms with Crippen molar-refractivity contribution in [3.63, 3.8) is 0 Å². The van der Waals surface area contributed by atoms with Crippen LogP contribution in [-0.2, 0) is 14.3 Å². The van der Waals surface area contributed by atoms with E-state index in [4.69, 9.17) is 27.9 Å². The topological polar surface area (TPSA) is 55.4 Å². The second kappa shape index (κ2) is 8.36. The third-order valence-electron chi connectivity index (χ3n) is 2.76. The molecule has 0 aliphatic heterocycles. The SMILES string of the molecule is O=C(COC(=O)/C=C/c1ccc(Cl)c(Cl)c1)Nc1ccccc1. The van der Waals surface area contributed by atoms with Crippen LogP contribution in [0, 0.1) is 0 Å². The molecule has 2 aromatic rings. The Morgan fingerprint density at radius 2 is 1.78 bits per heavy atom. The number of anilines is 1. The average molecular weight is 350 g/mol.